The zero-order chi connectivity index (χ0) is 15.6. The maximum absolute atomic E-state index is 12.3. The second kappa shape index (κ2) is 6.27. The van der Waals surface area contributed by atoms with E-state index < -0.39 is 22.0 Å². The zero-order valence-corrected chi connectivity index (χ0v) is 14.1. The molecule has 0 bridgehead atoms. The third kappa shape index (κ3) is 3.70. The fourth-order valence-electron chi connectivity index (χ4n) is 1.75. The number of benzene rings is 1. The summed E-state index contributed by atoms with van der Waals surface area (Å²) in [5.41, 5.74) is 0.825. The van der Waals surface area contributed by atoms with Gasteiger partial charge in [0.25, 0.3) is 0 Å². The number of thiophene rings is 1. The van der Waals surface area contributed by atoms with Crippen LogP contribution in [0.2, 0.25) is 0 Å². The summed E-state index contributed by atoms with van der Waals surface area (Å²) >= 11 is 3.97. The van der Waals surface area contributed by atoms with Crippen molar-refractivity contribution in [2.75, 3.05) is 0 Å². The molecular formula is C13H12BrNO4S2. The molecule has 0 spiro atoms. The van der Waals surface area contributed by atoms with Gasteiger partial charge in [0.15, 0.2) is 0 Å². The Balaban J connectivity index is 2.29. The summed E-state index contributed by atoms with van der Waals surface area (Å²) in [5.74, 6) is -1.15. The number of carboxylic acids is 1. The number of hydrogen-bond donors (Lipinski definition) is 2. The summed E-state index contributed by atoms with van der Waals surface area (Å²) in [6.07, 6.45) is 0. The SMILES string of the molecule is CC(NS(=O)(=O)c1cc(C(=O)O)sc1Br)c1ccccc1. The number of nitrogens with one attached hydrogen (secondary N) is 1. The van der Waals surface area contributed by atoms with Crippen molar-refractivity contribution in [3.8, 4) is 0 Å². The van der Waals surface area contributed by atoms with Gasteiger partial charge in [-0.05, 0) is 34.5 Å². The van der Waals surface area contributed by atoms with Crippen LogP contribution in [0.25, 0.3) is 0 Å². The minimum atomic E-state index is -3.80. The molecule has 1 unspecified atom stereocenters. The Bertz CT molecular complexity index is 756. The lowest BCUT2D eigenvalue weighted by Crippen LogP contribution is -2.26. The topological polar surface area (TPSA) is 83.5 Å². The summed E-state index contributed by atoms with van der Waals surface area (Å²) in [7, 11) is -3.80. The molecule has 2 aromatic rings. The molecule has 0 saturated heterocycles. The van der Waals surface area contributed by atoms with Gasteiger partial charge in [0.2, 0.25) is 10.0 Å². The van der Waals surface area contributed by atoms with E-state index in [0.29, 0.717) is 0 Å². The molecule has 1 atom stereocenters. The monoisotopic (exact) mass is 389 g/mol. The quantitative estimate of drug-likeness (QED) is 0.821. The first kappa shape index (κ1) is 16.2. The Morgan fingerprint density at radius 1 is 1.33 bits per heavy atom. The van der Waals surface area contributed by atoms with Gasteiger partial charge in [0, 0.05) is 6.04 Å². The van der Waals surface area contributed by atoms with Gasteiger partial charge in [-0.2, -0.15) is 0 Å². The Hall–Kier alpha value is -1.22. The summed E-state index contributed by atoms with van der Waals surface area (Å²) in [4.78, 5) is 10.8. The van der Waals surface area contributed by atoms with Gasteiger partial charge in [0.1, 0.15) is 9.77 Å². The Morgan fingerprint density at radius 2 is 1.95 bits per heavy atom. The van der Waals surface area contributed by atoms with Gasteiger partial charge >= 0.3 is 5.97 Å². The largest absolute Gasteiger partial charge is 0.477 e. The predicted octanol–water partition coefficient (Wildman–Crippen LogP) is 3.25. The lowest BCUT2D eigenvalue weighted by molar-refractivity contribution is 0.0702. The highest BCUT2D eigenvalue weighted by atomic mass is 79.9. The van der Waals surface area contributed by atoms with Gasteiger partial charge < -0.3 is 5.11 Å². The first-order valence-electron chi connectivity index (χ1n) is 5.91. The van der Waals surface area contributed by atoms with Crippen LogP contribution in [0.1, 0.15) is 28.2 Å². The molecule has 112 valence electrons. The zero-order valence-electron chi connectivity index (χ0n) is 10.9. The van der Waals surface area contributed by atoms with E-state index in [1.807, 2.05) is 30.3 Å². The molecule has 0 aliphatic heterocycles. The molecule has 5 nitrogen and oxygen atoms in total. The smallest absolute Gasteiger partial charge is 0.345 e. The van der Waals surface area contributed by atoms with Crippen molar-refractivity contribution in [1.82, 2.24) is 4.72 Å². The van der Waals surface area contributed by atoms with Crippen molar-refractivity contribution < 1.29 is 18.3 Å². The molecule has 0 fully saturated rings. The number of rotatable bonds is 5. The van der Waals surface area contributed by atoms with Crippen LogP contribution in [-0.4, -0.2) is 19.5 Å². The molecule has 0 aliphatic carbocycles. The molecule has 8 heteroatoms. The first-order valence-corrected chi connectivity index (χ1v) is 9.00. The molecule has 2 rings (SSSR count). The molecule has 0 aliphatic rings. The molecule has 1 aromatic carbocycles. The summed E-state index contributed by atoms with van der Waals surface area (Å²) < 4.78 is 27.5. The van der Waals surface area contributed by atoms with Crippen molar-refractivity contribution in [1.29, 1.82) is 0 Å². The van der Waals surface area contributed by atoms with Crippen LogP contribution in [0, 0.1) is 0 Å². The van der Waals surface area contributed by atoms with Crippen LogP contribution >= 0.6 is 27.3 Å². The maximum Gasteiger partial charge on any atom is 0.345 e. The summed E-state index contributed by atoms with van der Waals surface area (Å²) in [6, 6.07) is 9.86. The number of hydrogen-bond acceptors (Lipinski definition) is 4. The Morgan fingerprint density at radius 3 is 2.48 bits per heavy atom. The van der Waals surface area contributed by atoms with Crippen LogP contribution in [0.15, 0.2) is 45.1 Å². The van der Waals surface area contributed by atoms with E-state index in [9.17, 15) is 13.2 Å². The highest BCUT2D eigenvalue weighted by Gasteiger charge is 2.25. The normalized spacial score (nSPS) is 13.0. The number of sulfonamides is 1. The van der Waals surface area contributed by atoms with E-state index in [-0.39, 0.29) is 13.6 Å². The van der Waals surface area contributed by atoms with Gasteiger partial charge in [0.05, 0.1) is 3.79 Å². The Kier molecular flexibility index (Phi) is 4.82. The van der Waals surface area contributed by atoms with E-state index in [1.54, 1.807) is 6.92 Å². The standard InChI is InChI=1S/C13H12BrNO4S2/c1-8(9-5-3-2-4-6-9)15-21(18,19)11-7-10(13(16)17)20-12(11)14/h2-8,15H,1H3,(H,16,17). The highest BCUT2D eigenvalue weighted by molar-refractivity contribution is 9.11. The molecule has 0 radical (unpaired) electrons. The molecule has 1 aromatic heterocycles. The molecule has 21 heavy (non-hydrogen) atoms. The van der Waals surface area contributed by atoms with Crippen LogP contribution in [0.5, 0.6) is 0 Å². The van der Waals surface area contributed by atoms with Crippen molar-refractivity contribution >= 4 is 43.3 Å². The van der Waals surface area contributed by atoms with Gasteiger partial charge in [-0.1, -0.05) is 30.3 Å². The second-order valence-electron chi connectivity index (χ2n) is 4.31. The Labute approximate surface area is 134 Å². The van der Waals surface area contributed by atoms with Crippen LogP contribution < -0.4 is 4.72 Å². The first-order chi connectivity index (χ1) is 9.81. The predicted molar refractivity (Wildman–Crippen MR) is 84.2 cm³/mol. The maximum atomic E-state index is 12.3. The third-order valence-electron chi connectivity index (χ3n) is 2.79. The van der Waals surface area contributed by atoms with Gasteiger partial charge in [-0.25, -0.2) is 17.9 Å². The van der Waals surface area contributed by atoms with E-state index in [1.165, 1.54) is 0 Å². The van der Waals surface area contributed by atoms with Crippen LogP contribution in [-0.2, 0) is 10.0 Å². The average Bonchev–Trinajstić information content (AvgIpc) is 2.82. The fraction of sp³-hybridized carbons (Fsp3) is 0.154. The van der Waals surface area contributed by atoms with Crippen LogP contribution in [0.3, 0.4) is 0 Å². The number of carbonyl (C=O) groups is 1. The minimum Gasteiger partial charge on any atom is -0.477 e. The lowest BCUT2D eigenvalue weighted by Gasteiger charge is -2.14. The molecule has 2 N–H and O–H groups in total. The van der Waals surface area contributed by atoms with E-state index in [4.69, 9.17) is 5.11 Å². The van der Waals surface area contributed by atoms with E-state index in [0.717, 1.165) is 23.0 Å². The summed E-state index contributed by atoms with van der Waals surface area (Å²) in [6.45, 7) is 1.73. The number of aromatic carboxylic acids is 1. The van der Waals surface area contributed by atoms with Crippen LogP contribution in [0.4, 0.5) is 0 Å². The number of carboxylic acid groups (broad SMARTS) is 1. The van der Waals surface area contributed by atoms with Gasteiger partial charge in [-0.3, -0.25) is 0 Å². The second-order valence-corrected chi connectivity index (χ2v) is 8.36. The average molecular weight is 390 g/mol. The fourth-order valence-corrected chi connectivity index (χ4v) is 5.38. The third-order valence-corrected chi connectivity index (χ3v) is 6.57. The van der Waals surface area contributed by atoms with Crippen molar-refractivity contribution in [2.45, 2.75) is 17.9 Å². The minimum absolute atomic E-state index is 0.0328. The van der Waals surface area contributed by atoms with Gasteiger partial charge in [-0.15, -0.1) is 11.3 Å². The highest BCUT2D eigenvalue weighted by Crippen LogP contribution is 2.32. The summed E-state index contributed by atoms with van der Waals surface area (Å²) in [5, 5.41) is 8.92. The number of halogens is 1. The lowest BCUT2D eigenvalue weighted by atomic mass is 10.1. The molecule has 0 saturated carbocycles. The van der Waals surface area contributed by atoms with Crippen molar-refractivity contribution in [3.63, 3.8) is 0 Å². The molecule has 0 amide bonds. The van der Waals surface area contributed by atoms with E-state index >= 15 is 0 Å². The molecule has 1 heterocycles. The van der Waals surface area contributed by atoms with Crippen molar-refractivity contribution in [3.05, 3.63) is 50.6 Å². The van der Waals surface area contributed by atoms with E-state index in [2.05, 4.69) is 20.7 Å². The van der Waals surface area contributed by atoms with Crippen molar-refractivity contribution in [2.24, 2.45) is 0 Å². The molecular weight excluding hydrogens is 378 g/mol.